The molecule has 0 bridgehead atoms. The molecule has 0 atom stereocenters. The number of rotatable bonds is 3. The number of carbonyl (C=O) groups is 1. The van der Waals surface area contributed by atoms with E-state index in [1.165, 1.54) is 13.2 Å². The Balaban J connectivity index is 2.08. The zero-order valence-corrected chi connectivity index (χ0v) is 8.91. The van der Waals surface area contributed by atoms with E-state index in [4.69, 9.17) is 9.15 Å². The molecule has 2 rings (SSSR count). The second kappa shape index (κ2) is 4.27. The third-order valence-corrected chi connectivity index (χ3v) is 2.56. The summed E-state index contributed by atoms with van der Waals surface area (Å²) >= 11 is 1.55. The zero-order valence-electron chi connectivity index (χ0n) is 8.10. The lowest BCUT2D eigenvalue weighted by atomic mass is 10.4. The molecule has 0 aliphatic heterocycles. The number of aromatic nitrogens is 1. The van der Waals surface area contributed by atoms with Gasteiger partial charge in [0.15, 0.2) is 0 Å². The molecule has 2 aromatic rings. The van der Waals surface area contributed by atoms with E-state index >= 15 is 0 Å². The van der Waals surface area contributed by atoms with Crippen LogP contribution in [0, 0.1) is 0 Å². The normalized spacial score (nSPS) is 10.2. The van der Waals surface area contributed by atoms with E-state index in [1.54, 1.807) is 11.3 Å². The van der Waals surface area contributed by atoms with Gasteiger partial charge in [0.1, 0.15) is 18.6 Å². The summed E-state index contributed by atoms with van der Waals surface area (Å²) in [7, 11) is 0. The molecule has 0 aliphatic carbocycles. The standard InChI is InChI=1S/C10H9NO3S/c1-7(12)13-5-8-6-14-10(11-8)9-3-2-4-15-9/h2-4,6H,5H2,1H3. The number of esters is 1. The second-order valence-electron chi connectivity index (χ2n) is 2.90. The quantitative estimate of drug-likeness (QED) is 0.750. The Kier molecular flexibility index (Phi) is 2.82. The van der Waals surface area contributed by atoms with Gasteiger partial charge in [0.05, 0.1) is 4.88 Å². The SMILES string of the molecule is CC(=O)OCc1coc(-c2cccs2)n1. The van der Waals surface area contributed by atoms with E-state index < -0.39 is 0 Å². The van der Waals surface area contributed by atoms with Gasteiger partial charge in [-0.05, 0) is 11.4 Å². The number of hydrogen-bond donors (Lipinski definition) is 0. The Morgan fingerprint density at radius 1 is 1.67 bits per heavy atom. The van der Waals surface area contributed by atoms with Crippen LogP contribution in [0.15, 0.2) is 28.2 Å². The predicted octanol–water partition coefficient (Wildman–Crippen LogP) is 2.47. The van der Waals surface area contributed by atoms with Crippen LogP contribution < -0.4 is 0 Å². The van der Waals surface area contributed by atoms with E-state index in [0.29, 0.717) is 11.6 Å². The molecule has 0 fully saturated rings. The topological polar surface area (TPSA) is 52.3 Å². The lowest BCUT2D eigenvalue weighted by Gasteiger charge is -1.95. The smallest absolute Gasteiger partial charge is 0.303 e. The summed E-state index contributed by atoms with van der Waals surface area (Å²) in [6, 6.07) is 3.85. The molecule has 78 valence electrons. The highest BCUT2D eigenvalue weighted by Gasteiger charge is 2.07. The molecule has 0 radical (unpaired) electrons. The van der Waals surface area contributed by atoms with Crippen molar-refractivity contribution in [1.29, 1.82) is 0 Å². The summed E-state index contributed by atoms with van der Waals surface area (Å²) in [6.07, 6.45) is 1.50. The lowest BCUT2D eigenvalue weighted by Crippen LogP contribution is -1.98. The summed E-state index contributed by atoms with van der Waals surface area (Å²) in [5, 5.41) is 1.95. The van der Waals surface area contributed by atoms with Crippen molar-refractivity contribution >= 4 is 17.3 Å². The molecule has 0 saturated carbocycles. The van der Waals surface area contributed by atoms with Crippen LogP contribution in [0.3, 0.4) is 0 Å². The average molecular weight is 223 g/mol. The van der Waals surface area contributed by atoms with Gasteiger partial charge in [0.25, 0.3) is 0 Å². The van der Waals surface area contributed by atoms with Crippen molar-refractivity contribution in [3.05, 3.63) is 29.5 Å². The maximum absolute atomic E-state index is 10.6. The monoisotopic (exact) mass is 223 g/mol. The van der Waals surface area contributed by atoms with Gasteiger partial charge in [-0.2, -0.15) is 0 Å². The van der Waals surface area contributed by atoms with Crippen LogP contribution in [-0.4, -0.2) is 11.0 Å². The first kappa shape index (κ1) is 9.92. The maximum atomic E-state index is 10.6. The summed E-state index contributed by atoms with van der Waals surface area (Å²) in [5.41, 5.74) is 0.619. The lowest BCUT2D eigenvalue weighted by molar-refractivity contribution is -0.142. The van der Waals surface area contributed by atoms with E-state index in [9.17, 15) is 4.79 Å². The van der Waals surface area contributed by atoms with Gasteiger partial charge in [-0.25, -0.2) is 4.98 Å². The van der Waals surface area contributed by atoms with Gasteiger partial charge in [0, 0.05) is 6.92 Å². The third-order valence-electron chi connectivity index (χ3n) is 1.71. The van der Waals surface area contributed by atoms with Gasteiger partial charge >= 0.3 is 5.97 Å². The fourth-order valence-electron chi connectivity index (χ4n) is 1.06. The first-order valence-electron chi connectivity index (χ1n) is 4.37. The number of nitrogens with zero attached hydrogens (tertiary/aromatic N) is 1. The second-order valence-corrected chi connectivity index (χ2v) is 3.85. The molecule has 0 unspecified atom stereocenters. The number of thiophene rings is 1. The molecule has 0 N–H and O–H groups in total. The molecule has 2 heterocycles. The van der Waals surface area contributed by atoms with Crippen molar-refractivity contribution in [2.45, 2.75) is 13.5 Å². The minimum Gasteiger partial charge on any atom is -0.459 e. The molecule has 4 nitrogen and oxygen atoms in total. The van der Waals surface area contributed by atoms with Crippen molar-refractivity contribution in [2.75, 3.05) is 0 Å². The largest absolute Gasteiger partial charge is 0.459 e. The molecule has 0 aromatic carbocycles. The van der Waals surface area contributed by atoms with Crippen molar-refractivity contribution in [3.8, 4) is 10.8 Å². The first-order chi connectivity index (χ1) is 7.25. The highest BCUT2D eigenvalue weighted by atomic mass is 32.1. The van der Waals surface area contributed by atoms with Crippen LogP contribution in [0.5, 0.6) is 0 Å². The summed E-state index contributed by atoms with van der Waals surface area (Å²) in [6.45, 7) is 1.52. The van der Waals surface area contributed by atoms with Crippen molar-refractivity contribution < 1.29 is 13.9 Å². The van der Waals surface area contributed by atoms with Gasteiger partial charge in [-0.15, -0.1) is 11.3 Å². The van der Waals surface area contributed by atoms with Gasteiger partial charge < -0.3 is 9.15 Å². The van der Waals surface area contributed by atoms with Crippen LogP contribution in [0.4, 0.5) is 0 Å². The molecule has 5 heteroatoms. The number of ether oxygens (including phenoxy) is 1. The van der Waals surface area contributed by atoms with Gasteiger partial charge in [-0.1, -0.05) is 6.07 Å². The Hall–Kier alpha value is -1.62. The van der Waals surface area contributed by atoms with Crippen LogP contribution >= 0.6 is 11.3 Å². The maximum Gasteiger partial charge on any atom is 0.303 e. The summed E-state index contributed by atoms with van der Waals surface area (Å²) in [4.78, 5) is 15.7. The molecular formula is C10H9NO3S. The molecule has 0 amide bonds. The minimum atomic E-state index is -0.323. The molecule has 0 spiro atoms. The van der Waals surface area contributed by atoms with E-state index in [-0.39, 0.29) is 12.6 Å². The fraction of sp³-hybridized carbons (Fsp3) is 0.200. The van der Waals surface area contributed by atoms with E-state index in [1.807, 2.05) is 17.5 Å². The van der Waals surface area contributed by atoms with E-state index in [2.05, 4.69) is 4.98 Å². The van der Waals surface area contributed by atoms with Crippen molar-refractivity contribution in [3.63, 3.8) is 0 Å². The van der Waals surface area contributed by atoms with Gasteiger partial charge in [-0.3, -0.25) is 4.79 Å². The van der Waals surface area contributed by atoms with Crippen LogP contribution in [0.1, 0.15) is 12.6 Å². The Morgan fingerprint density at radius 3 is 3.20 bits per heavy atom. The fourth-order valence-corrected chi connectivity index (χ4v) is 1.72. The molecule has 2 aromatic heterocycles. The van der Waals surface area contributed by atoms with Crippen LogP contribution in [0.25, 0.3) is 10.8 Å². The number of carbonyl (C=O) groups excluding carboxylic acids is 1. The Morgan fingerprint density at radius 2 is 2.53 bits per heavy atom. The van der Waals surface area contributed by atoms with Crippen molar-refractivity contribution in [2.24, 2.45) is 0 Å². The Bertz CT molecular complexity index is 447. The number of oxazole rings is 1. The van der Waals surface area contributed by atoms with Crippen LogP contribution in [-0.2, 0) is 16.1 Å². The van der Waals surface area contributed by atoms with Crippen LogP contribution in [0.2, 0.25) is 0 Å². The summed E-state index contributed by atoms with van der Waals surface area (Å²) < 4.78 is 10.0. The molecule has 0 saturated heterocycles. The summed E-state index contributed by atoms with van der Waals surface area (Å²) in [5.74, 6) is 0.239. The predicted molar refractivity (Wildman–Crippen MR) is 55.3 cm³/mol. The zero-order chi connectivity index (χ0) is 10.7. The average Bonchev–Trinajstić information content (AvgIpc) is 2.85. The van der Waals surface area contributed by atoms with Crippen molar-refractivity contribution in [1.82, 2.24) is 4.98 Å². The minimum absolute atomic E-state index is 0.157. The molecule has 0 aliphatic rings. The van der Waals surface area contributed by atoms with E-state index in [0.717, 1.165) is 4.88 Å². The first-order valence-corrected chi connectivity index (χ1v) is 5.25. The molecular weight excluding hydrogens is 214 g/mol. The number of hydrogen-bond acceptors (Lipinski definition) is 5. The third kappa shape index (κ3) is 2.44. The highest BCUT2D eigenvalue weighted by molar-refractivity contribution is 7.13. The highest BCUT2D eigenvalue weighted by Crippen LogP contribution is 2.23. The van der Waals surface area contributed by atoms with Gasteiger partial charge in [0.2, 0.25) is 5.89 Å². The Labute approximate surface area is 90.5 Å². The molecule has 15 heavy (non-hydrogen) atoms.